The molecule has 4 heavy (non-hydrogen) atoms. The molecule has 0 aromatic carbocycles. The Balaban J connectivity index is 0. The SMILES string of the molecule is C.[B].[Cr].[Fe]. The zero-order valence-corrected chi connectivity index (χ0v) is 3.72. The smallest absolute Gasteiger partial charge is 0 e. The van der Waals surface area contributed by atoms with Gasteiger partial charge in [0, 0.05) is 42.8 Å². The molecule has 0 rings (SSSR count). The average molecular weight is 135 g/mol. The van der Waals surface area contributed by atoms with Gasteiger partial charge in [0.2, 0.25) is 0 Å². The van der Waals surface area contributed by atoms with Gasteiger partial charge in [0.1, 0.15) is 0 Å². The van der Waals surface area contributed by atoms with E-state index < -0.39 is 0 Å². The van der Waals surface area contributed by atoms with E-state index in [1.54, 1.807) is 0 Å². The van der Waals surface area contributed by atoms with E-state index in [9.17, 15) is 0 Å². The Labute approximate surface area is 50.5 Å². The van der Waals surface area contributed by atoms with Gasteiger partial charge in [-0.1, -0.05) is 7.43 Å². The molecule has 0 nitrogen and oxygen atoms in total. The third-order valence-electron chi connectivity index (χ3n) is 0. The van der Waals surface area contributed by atoms with Crippen LogP contribution in [-0.2, 0) is 34.4 Å². The van der Waals surface area contributed by atoms with Gasteiger partial charge in [-0.3, -0.25) is 0 Å². The molecule has 0 aliphatic rings. The fraction of sp³-hybridized carbons (Fsp3) is 1.00. The number of hydrogen-bond acceptors (Lipinski definition) is 0. The van der Waals surface area contributed by atoms with Crippen molar-refractivity contribution in [3.63, 3.8) is 0 Å². The van der Waals surface area contributed by atoms with Crippen LogP contribution in [0.15, 0.2) is 0 Å². The van der Waals surface area contributed by atoms with Crippen LogP contribution in [0.5, 0.6) is 0 Å². The van der Waals surface area contributed by atoms with Gasteiger partial charge in [-0.25, -0.2) is 0 Å². The Bertz CT molecular complexity index is 8.00. The second kappa shape index (κ2) is 32.1. The minimum Gasteiger partial charge on any atom is -0.0776 e. The molecule has 0 atom stereocenters. The zero-order chi connectivity index (χ0) is 0. The molecule has 0 aromatic heterocycles. The fourth-order valence-electron chi connectivity index (χ4n) is 0. The van der Waals surface area contributed by atoms with Gasteiger partial charge in [0.15, 0.2) is 0 Å². The molecule has 0 saturated heterocycles. The summed E-state index contributed by atoms with van der Waals surface area (Å²) in [5.74, 6) is 0. The molecular weight excluding hydrogens is 131 g/mol. The summed E-state index contributed by atoms with van der Waals surface area (Å²) in [5.41, 5.74) is 0. The monoisotopic (exact) mass is 135 g/mol. The van der Waals surface area contributed by atoms with Crippen molar-refractivity contribution in [2.45, 2.75) is 7.43 Å². The van der Waals surface area contributed by atoms with Crippen molar-refractivity contribution in [2.24, 2.45) is 0 Å². The van der Waals surface area contributed by atoms with E-state index >= 15 is 0 Å². The molecule has 0 bridgehead atoms. The second-order valence-electron chi connectivity index (χ2n) is 0. The molecule has 0 aliphatic heterocycles. The van der Waals surface area contributed by atoms with Gasteiger partial charge in [0.05, 0.1) is 0 Å². The van der Waals surface area contributed by atoms with Crippen LogP contribution in [0.3, 0.4) is 0 Å². The first-order valence-electron chi connectivity index (χ1n) is 0. The van der Waals surface area contributed by atoms with Crippen molar-refractivity contribution in [3.05, 3.63) is 0 Å². The minimum atomic E-state index is 0. The fourth-order valence-corrected chi connectivity index (χ4v) is 0. The molecular formula is CH4BCrFe. The zero-order valence-electron chi connectivity index (χ0n) is 1.34. The first-order chi connectivity index (χ1) is 0. The van der Waals surface area contributed by atoms with Gasteiger partial charge in [-0.05, 0) is 0 Å². The van der Waals surface area contributed by atoms with Crippen molar-refractivity contribution in [3.8, 4) is 0 Å². The average Bonchev–Trinajstić information content (AvgIpc) is 0. The van der Waals surface area contributed by atoms with Crippen LogP contribution in [-0.4, -0.2) is 8.41 Å². The van der Waals surface area contributed by atoms with Gasteiger partial charge in [-0.2, -0.15) is 0 Å². The summed E-state index contributed by atoms with van der Waals surface area (Å²) in [6, 6.07) is 0. The molecule has 0 N–H and O–H groups in total. The van der Waals surface area contributed by atoms with E-state index in [1.807, 2.05) is 0 Å². The first-order valence-corrected chi connectivity index (χ1v) is 0. The van der Waals surface area contributed by atoms with Gasteiger partial charge >= 0.3 is 0 Å². The summed E-state index contributed by atoms with van der Waals surface area (Å²) >= 11 is 0. The van der Waals surface area contributed by atoms with Crippen LogP contribution in [0.1, 0.15) is 7.43 Å². The van der Waals surface area contributed by atoms with Gasteiger partial charge < -0.3 is 0 Å². The standard InChI is InChI=1S/CH4.B.Cr.Fe/h1H4;;;. The number of rotatable bonds is 0. The summed E-state index contributed by atoms with van der Waals surface area (Å²) in [4.78, 5) is 0. The van der Waals surface area contributed by atoms with Crippen molar-refractivity contribution in [2.75, 3.05) is 0 Å². The third kappa shape index (κ3) is 11.2. The Morgan fingerprint density at radius 1 is 1.00 bits per heavy atom. The molecule has 0 spiro atoms. The third-order valence-corrected chi connectivity index (χ3v) is 0. The van der Waals surface area contributed by atoms with Crippen molar-refractivity contribution < 1.29 is 34.4 Å². The Morgan fingerprint density at radius 3 is 1.00 bits per heavy atom. The summed E-state index contributed by atoms with van der Waals surface area (Å²) in [7, 11) is 0. The molecule has 0 heterocycles. The minimum absolute atomic E-state index is 0. The molecule has 0 unspecified atom stereocenters. The summed E-state index contributed by atoms with van der Waals surface area (Å²) in [6.07, 6.45) is 0. The van der Waals surface area contributed by atoms with Crippen LogP contribution < -0.4 is 0 Å². The molecule has 0 saturated carbocycles. The van der Waals surface area contributed by atoms with Crippen LogP contribution in [0, 0.1) is 0 Å². The summed E-state index contributed by atoms with van der Waals surface area (Å²) < 4.78 is 0. The topological polar surface area (TPSA) is 0 Å². The maximum atomic E-state index is 0. The van der Waals surface area contributed by atoms with E-state index in [-0.39, 0.29) is 50.3 Å². The Kier molecular flexibility index (Phi) is 557. The molecule has 0 aromatic rings. The molecule has 0 amide bonds. The van der Waals surface area contributed by atoms with Crippen molar-refractivity contribution in [1.29, 1.82) is 0 Å². The van der Waals surface area contributed by atoms with E-state index in [0.29, 0.717) is 0 Å². The van der Waals surface area contributed by atoms with E-state index in [1.165, 1.54) is 0 Å². The van der Waals surface area contributed by atoms with E-state index in [4.69, 9.17) is 0 Å². The number of hydrogen-bond donors (Lipinski definition) is 0. The summed E-state index contributed by atoms with van der Waals surface area (Å²) in [5, 5.41) is 0. The molecule has 0 fully saturated rings. The van der Waals surface area contributed by atoms with Crippen molar-refractivity contribution in [1.82, 2.24) is 0 Å². The van der Waals surface area contributed by atoms with Crippen LogP contribution in [0.4, 0.5) is 0 Å². The maximum absolute atomic E-state index is 0. The largest absolute Gasteiger partial charge is 0.0776 e. The molecule has 3 radical (unpaired) electrons. The molecule has 25 valence electrons. The van der Waals surface area contributed by atoms with Crippen molar-refractivity contribution >= 4 is 8.41 Å². The van der Waals surface area contributed by atoms with Crippen LogP contribution in [0.2, 0.25) is 0 Å². The molecule has 0 aliphatic carbocycles. The maximum Gasteiger partial charge on any atom is 0 e. The predicted molar refractivity (Wildman–Crippen MR) is 12.5 cm³/mol. The normalized spacial score (nSPS) is 0. The quantitative estimate of drug-likeness (QED) is 0.417. The van der Waals surface area contributed by atoms with Gasteiger partial charge in [0.25, 0.3) is 0 Å². The summed E-state index contributed by atoms with van der Waals surface area (Å²) in [6.45, 7) is 0. The van der Waals surface area contributed by atoms with E-state index in [2.05, 4.69) is 0 Å². The Morgan fingerprint density at radius 2 is 1.00 bits per heavy atom. The predicted octanol–water partition coefficient (Wildman–Crippen LogP) is 0.250. The van der Waals surface area contributed by atoms with Crippen LogP contribution in [0.25, 0.3) is 0 Å². The van der Waals surface area contributed by atoms with Crippen LogP contribution >= 0.6 is 0 Å². The second-order valence-corrected chi connectivity index (χ2v) is 0. The molecule has 3 heteroatoms. The van der Waals surface area contributed by atoms with Gasteiger partial charge in [-0.15, -0.1) is 0 Å². The first kappa shape index (κ1) is 69.5. The Hall–Kier alpha value is 1.12. The van der Waals surface area contributed by atoms with E-state index in [0.717, 1.165) is 0 Å².